The van der Waals surface area contributed by atoms with Gasteiger partial charge in [0.05, 0.1) is 6.54 Å². The van der Waals surface area contributed by atoms with Crippen molar-refractivity contribution in [1.29, 1.82) is 0 Å². The molecular weight excluding hydrogens is 336 g/mol. The minimum Gasteiger partial charge on any atom is -0.460 e. The van der Waals surface area contributed by atoms with Crippen molar-refractivity contribution in [3.05, 3.63) is 71.5 Å². The number of furan rings is 1. The van der Waals surface area contributed by atoms with Gasteiger partial charge in [0.15, 0.2) is 0 Å². The first-order valence-corrected chi connectivity index (χ1v) is 9.82. The summed E-state index contributed by atoms with van der Waals surface area (Å²) in [5, 5.41) is 10.7. The molecular formula is C23H28N2O2. The third-order valence-corrected chi connectivity index (χ3v) is 5.64. The van der Waals surface area contributed by atoms with E-state index in [4.69, 9.17) is 4.42 Å². The van der Waals surface area contributed by atoms with E-state index in [0.29, 0.717) is 6.04 Å². The molecule has 1 saturated heterocycles. The Morgan fingerprint density at radius 1 is 1.04 bits per heavy atom. The second-order valence-corrected chi connectivity index (χ2v) is 7.55. The van der Waals surface area contributed by atoms with Gasteiger partial charge in [-0.05, 0) is 36.6 Å². The molecule has 4 heteroatoms. The Morgan fingerprint density at radius 2 is 1.85 bits per heavy atom. The molecule has 1 aromatic heterocycles. The van der Waals surface area contributed by atoms with Gasteiger partial charge in [-0.15, -0.1) is 0 Å². The lowest BCUT2D eigenvalue weighted by molar-refractivity contribution is 0.0470. The third kappa shape index (κ3) is 4.24. The second kappa shape index (κ2) is 8.26. The first-order chi connectivity index (χ1) is 13.2. The van der Waals surface area contributed by atoms with Crippen LogP contribution in [0.15, 0.2) is 59.0 Å². The number of aryl methyl sites for hydroxylation is 1. The zero-order valence-corrected chi connectivity index (χ0v) is 16.0. The number of hydrogen-bond donors (Lipinski definition) is 1. The number of benzene rings is 2. The number of fused-ring (bicyclic) bond motifs is 1. The molecule has 0 bridgehead atoms. The van der Waals surface area contributed by atoms with E-state index in [1.54, 1.807) is 0 Å². The van der Waals surface area contributed by atoms with Crippen LogP contribution >= 0.6 is 0 Å². The van der Waals surface area contributed by atoms with Crippen molar-refractivity contribution in [2.75, 3.05) is 26.2 Å². The first-order valence-electron chi connectivity index (χ1n) is 9.82. The van der Waals surface area contributed by atoms with Crippen LogP contribution in [0.1, 0.15) is 23.3 Å². The average molecular weight is 364 g/mol. The highest BCUT2D eigenvalue weighted by atomic mass is 16.3. The number of piperazine rings is 1. The lowest BCUT2D eigenvalue weighted by atomic mass is 10.0. The summed E-state index contributed by atoms with van der Waals surface area (Å²) in [4.78, 5) is 4.97. The normalized spacial score (nSPS) is 19.0. The minimum atomic E-state index is 0.230. The second-order valence-electron chi connectivity index (χ2n) is 7.55. The SMILES string of the molecule is Cc1ccccc1CN1CCN(Cc2cc3ccccc3o2)C[C@@H]1CCO. The van der Waals surface area contributed by atoms with Crippen LogP contribution in [0.3, 0.4) is 0 Å². The van der Waals surface area contributed by atoms with Crippen LogP contribution in [0.5, 0.6) is 0 Å². The third-order valence-electron chi connectivity index (χ3n) is 5.64. The summed E-state index contributed by atoms with van der Waals surface area (Å²) < 4.78 is 6.00. The van der Waals surface area contributed by atoms with E-state index in [1.807, 2.05) is 18.2 Å². The maximum absolute atomic E-state index is 9.56. The molecule has 3 aromatic rings. The van der Waals surface area contributed by atoms with Crippen molar-refractivity contribution in [2.45, 2.75) is 32.5 Å². The predicted molar refractivity (Wildman–Crippen MR) is 109 cm³/mol. The number of rotatable bonds is 6. The van der Waals surface area contributed by atoms with E-state index >= 15 is 0 Å². The Hall–Kier alpha value is -2.14. The Kier molecular flexibility index (Phi) is 5.58. The number of aliphatic hydroxyl groups is 1. The van der Waals surface area contributed by atoms with Gasteiger partial charge in [0.25, 0.3) is 0 Å². The highest BCUT2D eigenvalue weighted by Gasteiger charge is 2.27. The molecule has 1 fully saturated rings. The number of para-hydroxylation sites is 1. The summed E-state index contributed by atoms with van der Waals surface area (Å²) in [5.74, 6) is 1.02. The van der Waals surface area contributed by atoms with Gasteiger partial charge in [-0.1, -0.05) is 42.5 Å². The molecule has 0 spiro atoms. The number of aliphatic hydroxyl groups excluding tert-OH is 1. The van der Waals surface area contributed by atoms with Gasteiger partial charge in [0, 0.05) is 44.2 Å². The smallest absolute Gasteiger partial charge is 0.134 e. The largest absolute Gasteiger partial charge is 0.460 e. The van der Waals surface area contributed by atoms with Gasteiger partial charge in [-0.3, -0.25) is 9.80 Å². The van der Waals surface area contributed by atoms with Crippen LogP contribution in [0.2, 0.25) is 0 Å². The zero-order chi connectivity index (χ0) is 18.6. The van der Waals surface area contributed by atoms with Crippen LogP contribution in [-0.4, -0.2) is 47.2 Å². The van der Waals surface area contributed by atoms with E-state index in [0.717, 1.165) is 55.9 Å². The molecule has 2 heterocycles. The van der Waals surface area contributed by atoms with Gasteiger partial charge >= 0.3 is 0 Å². The Morgan fingerprint density at radius 3 is 2.67 bits per heavy atom. The van der Waals surface area contributed by atoms with Crippen molar-refractivity contribution in [2.24, 2.45) is 0 Å². The van der Waals surface area contributed by atoms with Crippen molar-refractivity contribution >= 4 is 11.0 Å². The molecule has 4 nitrogen and oxygen atoms in total. The number of nitrogens with zero attached hydrogens (tertiary/aromatic N) is 2. The van der Waals surface area contributed by atoms with Gasteiger partial charge in [0.2, 0.25) is 0 Å². The molecule has 0 radical (unpaired) electrons. The highest BCUT2D eigenvalue weighted by Crippen LogP contribution is 2.23. The molecule has 0 amide bonds. The lowest BCUT2D eigenvalue weighted by Gasteiger charge is -2.41. The quantitative estimate of drug-likeness (QED) is 0.722. The van der Waals surface area contributed by atoms with E-state index in [9.17, 15) is 5.11 Å². The molecule has 1 N–H and O–H groups in total. The Balaban J connectivity index is 1.43. The van der Waals surface area contributed by atoms with Crippen LogP contribution in [-0.2, 0) is 13.1 Å². The van der Waals surface area contributed by atoms with E-state index in [1.165, 1.54) is 11.1 Å². The fourth-order valence-corrected chi connectivity index (χ4v) is 4.07. The fourth-order valence-electron chi connectivity index (χ4n) is 4.07. The zero-order valence-electron chi connectivity index (χ0n) is 16.0. The summed E-state index contributed by atoms with van der Waals surface area (Å²) in [6, 6.07) is 19.3. The van der Waals surface area contributed by atoms with Gasteiger partial charge in [-0.2, -0.15) is 0 Å². The van der Waals surface area contributed by atoms with Crippen LogP contribution in [0.25, 0.3) is 11.0 Å². The van der Waals surface area contributed by atoms with Crippen LogP contribution in [0.4, 0.5) is 0 Å². The van der Waals surface area contributed by atoms with Crippen molar-refractivity contribution in [3.8, 4) is 0 Å². The molecule has 27 heavy (non-hydrogen) atoms. The summed E-state index contributed by atoms with van der Waals surface area (Å²) in [6.07, 6.45) is 0.808. The van der Waals surface area contributed by atoms with E-state index in [2.05, 4.69) is 53.1 Å². The summed E-state index contributed by atoms with van der Waals surface area (Å²) in [6.45, 7) is 7.18. The molecule has 1 aliphatic heterocycles. The summed E-state index contributed by atoms with van der Waals surface area (Å²) in [7, 11) is 0. The van der Waals surface area contributed by atoms with Crippen molar-refractivity contribution < 1.29 is 9.52 Å². The van der Waals surface area contributed by atoms with Gasteiger partial charge < -0.3 is 9.52 Å². The maximum atomic E-state index is 9.56. The standard InChI is InChI=1S/C23H28N2O2/c1-18-6-2-3-8-20(18)15-25-12-11-24(16-21(25)10-13-26)17-22-14-19-7-4-5-9-23(19)27-22/h2-9,14,21,26H,10-13,15-17H2,1H3/t21-/m0/s1. The summed E-state index contributed by atoms with van der Waals surface area (Å²) in [5.41, 5.74) is 3.67. The maximum Gasteiger partial charge on any atom is 0.134 e. The molecule has 1 aliphatic rings. The molecule has 142 valence electrons. The van der Waals surface area contributed by atoms with Crippen LogP contribution in [0, 0.1) is 6.92 Å². The van der Waals surface area contributed by atoms with E-state index < -0.39 is 0 Å². The topological polar surface area (TPSA) is 39.9 Å². The molecule has 0 saturated carbocycles. The van der Waals surface area contributed by atoms with E-state index in [-0.39, 0.29) is 6.61 Å². The molecule has 1 atom stereocenters. The molecule has 2 aromatic carbocycles. The van der Waals surface area contributed by atoms with Crippen molar-refractivity contribution in [1.82, 2.24) is 9.80 Å². The Labute approximate surface area is 161 Å². The number of hydrogen-bond acceptors (Lipinski definition) is 4. The summed E-state index contributed by atoms with van der Waals surface area (Å²) >= 11 is 0. The van der Waals surface area contributed by atoms with Crippen molar-refractivity contribution in [3.63, 3.8) is 0 Å². The predicted octanol–water partition coefficient (Wildman–Crippen LogP) is 3.81. The monoisotopic (exact) mass is 364 g/mol. The average Bonchev–Trinajstić information content (AvgIpc) is 3.08. The molecule has 0 aliphatic carbocycles. The Bertz CT molecular complexity index is 856. The van der Waals surface area contributed by atoms with Crippen LogP contribution < -0.4 is 0 Å². The molecule has 4 rings (SSSR count). The highest BCUT2D eigenvalue weighted by molar-refractivity contribution is 5.77. The fraction of sp³-hybridized carbons (Fsp3) is 0.391. The molecule has 0 unspecified atom stereocenters. The minimum absolute atomic E-state index is 0.230. The van der Waals surface area contributed by atoms with Gasteiger partial charge in [0.1, 0.15) is 11.3 Å². The first kappa shape index (κ1) is 18.2. The van der Waals surface area contributed by atoms with Gasteiger partial charge in [-0.25, -0.2) is 0 Å². The lowest BCUT2D eigenvalue weighted by Crippen LogP contribution is -2.52.